The van der Waals surface area contributed by atoms with E-state index in [0.29, 0.717) is 0 Å². The zero-order valence-corrected chi connectivity index (χ0v) is 25.2. The third-order valence-corrected chi connectivity index (χ3v) is 8.79. The van der Waals surface area contributed by atoms with Gasteiger partial charge < -0.3 is 41.2 Å². The summed E-state index contributed by atoms with van der Waals surface area (Å²) in [5, 5.41) is 31.7. The van der Waals surface area contributed by atoms with Crippen molar-refractivity contribution in [1.29, 1.82) is 0 Å². The molecule has 25 heteroatoms. The summed E-state index contributed by atoms with van der Waals surface area (Å²) in [6, 6.07) is 0. The van der Waals surface area contributed by atoms with E-state index < -0.39 is 83.4 Å². The predicted octanol–water partition coefficient (Wildman–Crippen LogP) is -2.83. The third kappa shape index (κ3) is 5.76. The molecule has 23 nitrogen and oxygen atoms in total. The van der Waals surface area contributed by atoms with Crippen LogP contribution in [0.3, 0.4) is 0 Å². The van der Waals surface area contributed by atoms with E-state index in [-0.39, 0.29) is 34.1 Å². The molecule has 250 valence electrons. The van der Waals surface area contributed by atoms with Crippen LogP contribution in [0.15, 0.2) is 23.8 Å². The van der Waals surface area contributed by atoms with E-state index >= 15 is 0 Å². The summed E-state index contributed by atoms with van der Waals surface area (Å²) in [6.07, 6.45) is -2.49. The van der Waals surface area contributed by atoms with Crippen LogP contribution in [-0.2, 0) is 32.2 Å². The summed E-state index contributed by atoms with van der Waals surface area (Å²) in [7, 11) is -8.75. The van der Waals surface area contributed by atoms with Gasteiger partial charge in [-0.1, -0.05) is 5.92 Å². The Hall–Kier alpha value is -4.01. The molecule has 2 fully saturated rings. The van der Waals surface area contributed by atoms with Gasteiger partial charge in [0.05, 0.1) is 19.3 Å². The van der Waals surface area contributed by atoms with Crippen LogP contribution in [-0.4, -0.2) is 113 Å². The van der Waals surface area contributed by atoms with Crippen LogP contribution >= 0.6 is 16.1 Å². The van der Waals surface area contributed by atoms with Crippen molar-refractivity contribution in [3.8, 4) is 12.3 Å². The van der Waals surface area contributed by atoms with E-state index in [1.807, 2.05) is 0 Å². The Morgan fingerprint density at radius 2 is 1.83 bits per heavy atom. The van der Waals surface area contributed by atoms with Crippen molar-refractivity contribution in [3.63, 3.8) is 0 Å². The largest absolute Gasteiger partial charge is 0.695 e. The Balaban J connectivity index is 1.28. The molecule has 0 spiro atoms. The molecule has 6 rings (SSSR count). The number of nitrogens with zero attached hydrogens (tertiary/aromatic N) is 7. The fourth-order valence-corrected chi connectivity index (χ4v) is 6.71. The van der Waals surface area contributed by atoms with Crippen LogP contribution in [0.4, 0.5) is 11.8 Å². The molecule has 10 atom stereocenters. The second kappa shape index (κ2) is 12.2. The van der Waals surface area contributed by atoms with Crippen molar-refractivity contribution in [2.45, 2.75) is 48.6 Å². The maximum absolute atomic E-state index is 13.3. The number of fused-ring (bicyclic) bond motifs is 2. The predicted molar refractivity (Wildman–Crippen MR) is 152 cm³/mol. The van der Waals surface area contributed by atoms with Crippen LogP contribution in [0.1, 0.15) is 12.5 Å². The molecule has 0 aliphatic carbocycles. The number of nitrogen functional groups attached to an aromatic ring is 2. The van der Waals surface area contributed by atoms with E-state index in [4.69, 9.17) is 40.9 Å². The molecule has 0 saturated carbocycles. The number of aliphatic hydroxyl groups excluding tert-OH is 3. The number of ether oxygens (including phenoxy) is 2. The molecule has 4 aromatic heterocycles. The highest BCUT2D eigenvalue weighted by Crippen LogP contribution is 2.52. The van der Waals surface area contributed by atoms with Crippen LogP contribution in [0.5, 0.6) is 0 Å². The summed E-state index contributed by atoms with van der Waals surface area (Å²) < 4.78 is 54.2. The molecule has 0 radical (unpaired) electrons. The normalized spacial score (nSPS) is 30.9. The number of aromatic amines is 1. The number of phosphoric ester groups is 1. The minimum absolute atomic E-state index is 0.00745. The minimum atomic E-state index is -5.32. The number of terminal acetylenes is 1. The molecule has 2 saturated heterocycles. The number of imidazole rings is 2. The molecule has 2 aliphatic heterocycles. The molecule has 6 heterocycles. The quantitative estimate of drug-likeness (QED) is 0.0611. The first-order valence-electron chi connectivity index (χ1n) is 13.2. The Morgan fingerprint density at radius 1 is 1.13 bits per heavy atom. The lowest BCUT2D eigenvalue weighted by Crippen LogP contribution is -2.46. The van der Waals surface area contributed by atoms with Gasteiger partial charge >= 0.3 is 16.1 Å². The standard InChI is InChI=1S/C22H24N10O13P2/c1-2-22(14(44-46(37)38)12(35)19(43-22)31-6-27-9-15(23)25-5-26-16(9)31)4-41-47(39,40)45-13-11(34)8(3-33)42-20(13)32-7-28-10-17(32)29-21(24)30-18(10)36/h1,5-8,11-14,19-20,33-35H,3-4H2,(H6-,23,24,25,26,29,30,36,37,38,39,40)/p+1/t8-,11?,12?,13?,14?,19-,20-,22-/m1/s1. The maximum atomic E-state index is 13.3. The lowest BCUT2D eigenvalue weighted by molar-refractivity contribution is -0.0917. The second-order valence-corrected chi connectivity index (χ2v) is 12.3. The molecule has 6 unspecified atom stereocenters. The first-order valence-corrected chi connectivity index (χ1v) is 15.8. The van der Waals surface area contributed by atoms with Crippen molar-refractivity contribution in [1.82, 2.24) is 39.0 Å². The van der Waals surface area contributed by atoms with Gasteiger partial charge in [0.1, 0.15) is 42.9 Å². The molecule has 0 aromatic carbocycles. The topological polar surface area (TPSA) is 341 Å². The summed E-state index contributed by atoms with van der Waals surface area (Å²) >= 11 is 0. The summed E-state index contributed by atoms with van der Waals surface area (Å²) in [5.41, 5.74) is 8.28. The number of aliphatic hydroxyl groups is 3. The summed E-state index contributed by atoms with van der Waals surface area (Å²) in [4.78, 5) is 54.7. The fourth-order valence-electron chi connectivity index (χ4n) is 5.27. The minimum Gasteiger partial charge on any atom is -0.394 e. The van der Waals surface area contributed by atoms with Gasteiger partial charge in [-0.05, 0) is 0 Å². The van der Waals surface area contributed by atoms with E-state index in [9.17, 15) is 39.0 Å². The van der Waals surface area contributed by atoms with Crippen molar-refractivity contribution >= 4 is 50.2 Å². The number of hydrogen-bond donors (Lipinski definition) is 8. The smallest absolute Gasteiger partial charge is 0.394 e. The monoisotopic (exact) mass is 699 g/mol. The molecule has 2 aliphatic rings. The SMILES string of the molecule is C#C[C@]1(COP(=O)(O)OC2C(O)[C@@H](CO)O[C@H]2n2cnc3c(=O)[nH]c(N)nc32)O[C@@H](n2cnc3c(N)ncnc32)C(O)C1O[P+](=O)O. The molecule has 4 aromatic rings. The highest BCUT2D eigenvalue weighted by atomic mass is 31.2. The lowest BCUT2D eigenvalue weighted by atomic mass is 9.97. The maximum Gasteiger partial charge on any atom is 0.695 e. The van der Waals surface area contributed by atoms with E-state index in [1.165, 1.54) is 10.9 Å². The number of anilines is 2. The molecule has 0 bridgehead atoms. The fraction of sp³-hybridized carbons (Fsp3) is 0.455. The lowest BCUT2D eigenvalue weighted by Gasteiger charge is -2.28. The Labute approximate surface area is 261 Å². The first kappa shape index (κ1) is 32.9. The van der Waals surface area contributed by atoms with Crippen LogP contribution in [0.25, 0.3) is 22.3 Å². The Morgan fingerprint density at radius 3 is 2.51 bits per heavy atom. The van der Waals surface area contributed by atoms with Gasteiger partial charge in [0.15, 0.2) is 46.8 Å². The van der Waals surface area contributed by atoms with Gasteiger partial charge in [0, 0.05) is 4.57 Å². The highest BCUT2D eigenvalue weighted by molar-refractivity contribution is 7.47. The highest BCUT2D eigenvalue weighted by Gasteiger charge is 2.61. The van der Waals surface area contributed by atoms with E-state index in [2.05, 4.69) is 35.8 Å². The second-order valence-electron chi connectivity index (χ2n) is 10.2. The van der Waals surface area contributed by atoms with E-state index in [1.54, 1.807) is 0 Å². The molecule has 47 heavy (non-hydrogen) atoms. The molecular weight excluding hydrogens is 674 g/mol. The summed E-state index contributed by atoms with van der Waals surface area (Å²) in [5.74, 6) is 1.84. The molecular formula is C22H25N10O13P2+. The number of hydrogen-bond acceptors (Lipinski definition) is 18. The van der Waals surface area contributed by atoms with Gasteiger partial charge in [0.2, 0.25) is 5.95 Å². The average Bonchev–Trinajstić information content (AvgIpc) is 3.77. The van der Waals surface area contributed by atoms with Gasteiger partial charge in [0.25, 0.3) is 5.56 Å². The molecule has 10 N–H and O–H groups in total. The van der Waals surface area contributed by atoms with Crippen molar-refractivity contribution in [2.24, 2.45) is 0 Å². The Kier molecular flexibility index (Phi) is 8.56. The number of H-pyrrole nitrogens is 1. The van der Waals surface area contributed by atoms with Crippen molar-refractivity contribution in [3.05, 3.63) is 29.3 Å². The number of nitrogens with two attached hydrogens (primary N) is 2. The van der Waals surface area contributed by atoms with Crippen LogP contribution in [0.2, 0.25) is 0 Å². The van der Waals surface area contributed by atoms with Gasteiger partial charge in [-0.3, -0.25) is 28.0 Å². The molecule has 0 amide bonds. The Bertz CT molecular complexity index is 2000. The number of rotatable bonds is 10. The van der Waals surface area contributed by atoms with E-state index in [0.717, 1.165) is 17.2 Å². The summed E-state index contributed by atoms with van der Waals surface area (Å²) in [6.45, 7) is -1.86. The first-order chi connectivity index (χ1) is 22.3. The number of phosphoric acid groups is 1. The number of aromatic nitrogens is 8. The van der Waals surface area contributed by atoms with Gasteiger partial charge in [-0.15, -0.1) is 15.8 Å². The van der Waals surface area contributed by atoms with Crippen molar-refractivity contribution in [2.75, 3.05) is 24.7 Å². The third-order valence-electron chi connectivity index (χ3n) is 7.42. The zero-order chi connectivity index (χ0) is 33.8. The van der Waals surface area contributed by atoms with Crippen LogP contribution in [0, 0.1) is 12.3 Å². The van der Waals surface area contributed by atoms with Gasteiger partial charge in [-0.25, -0.2) is 24.5 Å². The zero-order valence-electron chi connectivity index (χ0n) is 23.4. The number of nitrogens with one attached hydrogen (secondary N) is 1. The average molecular weight is 699 g/mol. The van der Waals surface area contributed by atoms with Crippen molar-refractivity contribution < 1.29 is 57.3 Å². The van der Waals surface area contributed by atoms with Gasteiger partial charge in [-0.2, -0.15) is 4.98 Å². The van der Waals surface area contributed by atoms with Crippen LogP contribution < -0.4 is 17.0 Å².